The van der Waals surface area contributed by atoms with E-state index in [9.17, 15) is 21.6 Å². The minimum absolute atomic E-state index is 0.0142. The number of sulfone groups is 1. The summed E-state index contributed by atoms with van der Waals surface area (Å²) < 4.78 is 60.1. The van der Waals surface area contributed by atoms with Gasteiger partial charge in [-0.15, -0.1) is 0 Å². The number of amides is 1. The molecule has 2 heterocycles. The topological polar surface area (TPSA) is 174 Å². The number of halogens is 1. The van der Waals surface area contributed by atoms with Crippen molar-refractivity contribution < 1.29 is 26.4 Å². The highest BCUT2D eigenvalue weighted by Gasteiger charge is 2.33. The summed E-state index contributed by atoms with van der Waals surface area (Å²) in [5, 5.41) is 3.03. The molecule has 1 amide bonds. The molecule has 2 aromatic rings. The number of rotatable bonds is 3. The zero-order chi connectivity index (χ0) is 24.8. The number of piperazine rings is 1. The quantitative estimate of drug-likeness (QED) is 0.384. The van der Waals surface area contributed by atoms with Crippen molar-refractivity contribution in [3.8, 4) is 11.5 Å². The van der Waals surface area contributed by atoms with E-state index in [4.69, 9.17) is 27.8 Å². The Bertz CT molecular complexity index is 1430. The fourth-order valence-electron chi connectivity index (χ4n) is 3.82. The largest absolute Gasteiger partial charge is 0.454 e. The number of aliphatic imine (C=N–C) groups is 1. The van der Waals surface area contributed by atoms with E-state index in [1.165, 1.54) is 22.5 Å². The Kier molecular flexibility index (Phi) is 6.33. The number of nitrogens with one attached hydrogen (secondary N) is 1. The number of carbonyl (C=O) groups excluding carboxylic acids is 1. The van der Waals surface area contributed by atoms with Crippen molar-refractivity contribution in [2.75, 3.05) is 26.2 Å². The van der Waals surface area contributed by atoms with Crippen LogP contribution in [0.3, 0.4) is 0 Å². The van der Waals surface area contributed by atoms with Gasteiger partial charge in [-0.1, -0.05) is 11.6 Å². The normalized spacial score (nSPS) is 17.6. The van der Waals surface area contributed by atoms with Gasteiger partial charge in [0, 0.05) is 37.3 Å². The molecule has 0 saturated carbocycles. The van der Waals surface area contributed by atoms with Crippen LogP contribution in [0.5, 0.6) is 11.5 Å². The van der Waals surface area contributed by atoms with Crippen molar-refractivity contribution in [3.63, 3.8) is 0 Å². The maximum Gasteiger partial charge on any atom is 0.280 e. The summed E-state index contributed by atoms with van der Waals surface area (Å²) in [4.78, 5) is 15.4. The van der Waals surface area contributed by atoms with Gasteiger partial charge in [-0.25, -0.2) is 16.8 Å². The molecule has 2 aromatic carbocycles. The summed E-state index contributed by atoms with van der Waals surface area (Å²) in [6, 6.07) is 5.04. The fourth-order valence-corrected chi connectivity index (χ4v) is 7.25. The third-order valence-corrected chi connectivity index (χ3v) is 9.23. The first-order valence-corrected chi connectivity index (χ1v) is 13.6. The second-order valence-corrected chi connectivity index (χ2v) is 12.2. The lowest BCUT2D eigenvalue weighted by molar-refractivity contribution is 0.100. The van der Waals surface area contributed by atoms with Gasteiger partial charge in [-0.05, 0) is 36.8 Å². The first-order chi connectivity index (χ1) is 15.9. The summed E-state index contributed by atoms with van der Waals surface area (Å²) in [7, 11) is -7.96. The molecule has 182 valence electrons. The highest BCUT2D eigenvalue weighted by atomic mass is 35.5. The van der Waals surface area contributed by atoms with E-state index < -0.39 is 37.5 Å². The third kappa shape index (κ3) is 4.49. The minimum Gasteiger partial charge on any atom is -0.454 e. The molecule has 0 unspecified atom stereocenters. The van der Waals surface area contributed by atoms with Crippen molar-refractivity contribution in [1.82, 2.24) is 9.62 Å². The van der Waals surface area contributed by atoms with Crippen LogP contribution in [-0.2, 0) is 25.6 Å². The van der Waals surface area contributed by atoms with Crippen LogP contribution in [0.25, 0.3) is 0 Å². The third-order valence-electron chi connectivity index (χ3n) is 5.41. The summed E-state index contributed by atoms with van der Waals surface area (Å²) in [6.45, 7) is 3.13. The Morgan fingerprint density at radius 3 is 2.47 bits per heavy atom. The number of hydrogen-bond acceptors (Lipinski definition) is 7. The zero-order valence-electron chi connectivity index (χ0n) is 18.0. The molecule has 14 heteroatoms. The Balaban J connectivity index is 1.82. The summed E-state index contributed by atoms with van der Waals surface area (Å²) >= 11 is 6.40. The molecule has 4 rings (SSSR count). The molecule has 2 aliphatic rings. The smallest absolute Gasteiger partial charge is 0.280 e. The summed E-state index contributed by atoms with van der Waals surface area (Å²) in [5.41, 5.74) is 10.9. The van der Waals surface area contributed by atoms with Gasteiger partial charge >= 0.3 is 0 Å². The standard InChI is InChI=1S/C20H22ClN5O6S2/c1-11-6-12(19(27)25-20(22)23)8-16-17(11)32-18-13(10-33(16,28)29)7-14(9-15(18)21)34(30,31)26-4-2-24-3-5-26/h6-9,24H,2-5,10H2,1H3,(H4,22,23,25,27). The van der Waals surface area contributed by atoms with Crippen LogP contribution in [-0.4, -0.2) is 59.2 Å². The zero-order valence-corrected chi connectivity index (χ0v) is 20.4. The minimum atomic E-state index is -4.07. The fraction of sp³-hybridized carbons (Fsp3) is 0.300. The molecule has 2 aliphatic heterocycles. The number of nitrogens with zero attached hydrogens (tertiary/aromatic N) is 2. The van der Waals surface area contributed by atoms with Crippen molar-refractivity contribution in [3.05, 3.63) is 46.0 Å². The van der Waals surface area contributed by atoms with Gasteiger partial charge in [-0.3, -0.25) is 4.79 Å². The molecule has 0 atom stereocenters. The lowest BCUT2D eigenvalue weighted by Crippen LogP contribution is -2.46. The molecular formula is C20H22ClN5O6S2. The Morgan fingerprint density at radius 1 is 1.15 bits per heavy atom. The molecule has 0 radical (unpaired) electrons. The molecule has 1 fully saturated rings. The number of nitrogens with two attached hydrogens (primary N) is 2. The van der Waals surface area contributed by atoms with Crippen molar-refractivity contribution in [2.45, 2.75) is 22.5 Å². The van der Waals surface area contributed by atoms with Gasteiger partial charge in [0.25, 0.3) is 5.91 Å². The number of ether oxygens (including phenoxy) is 1. The SMILES string of the molecule is Cc1cc(C(=O)N=C(N)N)cc2c1Oc1c(Cl)cc(S(=O)(=O)N3CCNCC3)cc1CS2(=O)=O. The number of guanidine groups is 1. The van der Waals surface area contributed by atoms with Gasteiger partial charge in [0.1, 0.15) is 16.4 Å². The highest BCUT2D eigenvalue weighted by molar-refractivity contribution is 7.90. The van der Waals surface area contributed by atoms with Gasteiger partial charge in [-0.2, -0.15) is 9.30 Å². The number of hydrogen-bond donors (Lipinski definition) is 3. The van der Waals surface area contributed by atoms with Crippen LogP contribution in [0, 0.1) is 6.92 Å². The Morgan fingerprint density at radius 2 is 1.82 bits per heavy atom. The first-order valence-electron chi connectivity index (χ1n) is 10.1. The van der Waals surface area contributed by atoms with Crippen LogP contribution >= 0.6 is 11.6 Å². The summed E-state index contributed by atoms with van der Waals surface area (Å²) in [6.07, 6.45) is 0. The molecule has 34 heavy (non-hydrogen) atoms. The second-order valence-electron chi connectivity index (χ2n) is 7.87. The molecule has 5 N–H and O–H groups in total. The number of aryl methyl sites for hydroxylation is 1. The number of benzene rings is 2. The van der Waals surface area contributed by atoms with Gasteiger partial charge in [0.2, 0.25) is 10.0 Å². The van der Waals surface area contributed by atoms with E-state index >= 15 is 0 Å². The number of carbonyl (C=O) groups is 1. The highest BCUT2D eigenvalue weighted by Crippen LogP contribution is 2.44. The van der Waals surface area contributed by atoms with Crippen molar-refractivity contribution in [1.29, 1.82) is 0 Å². The van der Waals surface area contributed by atoms with E-state index in [1.54, 1.807) is 6.92 Å². The van der Waals surface area contributed by atoms with Crippen molar-refractivity contribution in [2.24, 2.45) is 16.5 Å². The molecule has 0 aliphatic carbocycles. The van der Waals surface area contributed by atoms with Gasteiger partial charge in [0.15, 0.2) is 15.8 Å². The lowest BCUT2D eigenvalue weighted by atomic mass is 10.1. The molecule has 0 bridgehead atoms. The van der Waals surface area contributed by atoms with E-state index in [0.717, 1.165) is 6.07 Å². The van der Waals surface area contributed by atoms with Crippen LogP contribution in [0.1, 0.15) is 21.5 Å². The van der Waals surface area contributed by atoms with Crippen LogP contribution in [0.2, 0.25) is 5.02 Å². The maximum atomic E-state index is 13.3. The van der Waals surface area contributed by atoms with Crippen LogP contribution in [0.15, 0.2) is 39.0 Å². The van der Waals surface area contributed by atoms with Crippen molar-refractivity contribution >= 4 is 43.3 Å². The van der Waals surface area contributed by atoms with E-state index in [0.29, 0.717) is 18.7 Å². The number of fused-ring (bicyclic) bond motifs is 2. The lowest BCUT2D eigenvalue weighted by Gasteiger charge is -2.27. The molecule has 1 saturated heterocycles. The first kappa shape index (κ1) is 24.4. The maximum absolute atomic E-state index is 13.3. The van der Waals surface area contributed by atoms with Crippen LogP contribution in [0.4, 0.5) is 0 Å². The number of sulfonamides is 1. The molecular weight excluding hydrogens is 506 g/mol. The van der Waals surface area contributed by atoms with Crippen LogP contribution < -0.4 is 21.5 Å². The average molecular weight is 528 g/mol. The predicted octanol–water partition coefficient (Wildman–Crippen LogP) is 0.736. The second kappa shape index (κ2) is 8.82. The summed E-state index contributed by atoms with van der Waals surface area (Å²) in [5.74, 6) is -1.84. The monoisotopic (exact) mass is 527 g/mol. The molecule has 0 spiro atoms. The molecule has 0 aromatic heterocycles. The van der Waals surface area contributed by atoms with Gasteiger partial charge < -0.3 is 21.5 Å². The molecule has 11 nitrogen and oxygen atoms in total. The van der Waals surface area contributed by atoms with Gasteiger partial charge in [0.05, 0.1) is 15.7 Å². The van der Waals surface area contributed by atoms with E-state index in [-0.39, 0.29) is 50.5 Å². The van der Waals surface area contributed by atoms with E-state index in [2.05, 4.69) is 10.3 Å². The predicted molar refractivity (Wildman–Crippen MR) is 125 cm³/mol. The average Bonchev–Trinajstić information content (AvgIpc) is 2.87. The van der Waals surface area contributed by atoms with E-state index in [1.807, 2.05) is 0 Å². The Labute approximate surface area is 201 Å². The Hall–Kier alpha value is -2.71.